The Bertz CT molecular complexity index is 694. The van der Waals surface area contributed by atoms with Crippen molar-refractivity contribution in [2.24, 2.45) is 0 Å². The highest BCUT2D eigenvalue weighted by molar-refractivity contribution is 6.04. The SMILES string of the molecule is CN1c2cc(C(=O)NC3CCCCCC3)ccc2C(=O)N2CCCC[C@@H]21. The van der Waals surface area contributed by atoms with Crippen LogP contribution in [0.5, 0.6) is 0 Å². The number of nitrogens with zero attached hydrogens (tertiary/aromatic N) is 2. The molecule has 0 bridgehead atoms. The molecule has 0 spiro atoms. The monoisotopic (exact) mass is 355 g/mol. The Kier molecular flexibility index (Phi) is 4.88. The summed E-state index contributed by atoms with van der Waals surface area (Å²) in [7, 11) is 2.04. The topological polar surface area (TPSA) is 52.7 Å². The summed E-state index contributed by atoms with van der Waals surface area (Å²) in [5.41, 5.74) is 2.28. The van der Waals surface area contributed by atoms with Crippen LogP contribution in [0.3, 0.4) is 0 Å². The van der Waals surface area contributed by atoms with Gasteiger partial charge in [0.1, 0.15) is 6.17 Å². The maximum atomic E-state index is 12.8. The molecule has 1 aliphatic carbocycles. The van der Waals surface area contributed by atoms with Crippen molar-refractivity contribution < 1.29 is 9.59 Å². The zero-order valence-electron chi connectivity index (χ0n) is 15.7. The number of benzene rings is 1. The molecule has 1 N–H and O–H groups in total. The molecule has 0 unspecified atom stereocenters. The number of nitrogens with one attached hydrogen (secondary N) is 1. The number of hydrogen-bond acceptors (Lipinski definition) is 3. The zero-order valence-corrected chi connectivity index (χ0v) is 15.7. The van der Waals surface area contributed by atoms with Crippen LogP contribution in [0, 0.1) is 0 Å². The van der Waals surface area contributed by atoms with E-state index in [1.165, 1.54) is 25.7 Å². The average Bonchev–Trinajstić information content (AvgIpc) is 2.94. The van der Waals surface area contributed by atoms with E-state index in [1.54, 1.807) is 6.07 Å². The van der Waals surface area contributed by atoms with Crippen LogP contribution in [0.2, 0.25) is 0 Å². The van der Waals surface area contributed by atoms with Gasteiger partial charge in [0, 0.05) is 25.2 Å². The van der Waals surface area contributed by atoms with Gasteiger partial charge in [0.05, 0.1) is 11.3 Å². The number of carbonyl (C=O) groups excluding carboxylic acids is 2. The quantitative estimate of drug-likeness (QED) is 0.826. The average molecular weight is 355 g/mol. The Morgan fingerprint density at radius 2 is 1.77 bits per heavy atom. The summed E-state index contributed by atoms with van der Waals surface area (Å²) in [4.78, 5) is 29.8. The van der Waals surface area contributed by atoms with Crippen molar-refractivity contribution in [1.82, 2.24) is 10.2 Å². The molecule has 0 aromatic heterocycles. The zero-order chi connectivity index (χ0) is 18.1. The van der Waals surface area contributed by atoms with Crippen molar-refractivity contribution in [2.75, 3.05) is 18.5 Å². The van der Waals surface area contributed by atoms with E-state index >= 15 is 0 Å². The highest BCUT2D eigenvalue weighted by Gasteiger charge is 2.37. The van der Waals surface area contributed by atoms with Crippen LogP contribution in [0.25, 0.3) is 0 Å². The van der Waals surface area contributed by atoms with E-state index in [4.69, 9.17) is 0 Å². The Labute approximate surface area is 155 Å². The van der Waals surface area contributed by atoms with Crippen molar-refractivity contribution >= 4 is 17.5 Å². The van der Waals surface area contributed by atoms with Crippen molar-refractivity contribution in [2.45, 2.75) is 70.0 Å². The summed E-state index contributed by atoms with van der Waals surface area (Å²) in [6.07, 6.45) is 10.4. The molecule has 2 fully saturated rings. The van der Waals surface area contributed by atoms with Crippen molar-refractivity contribution in [1.29, 1.82) is 0 Å². The van der Waals surface area contributed by atoms with E-state index in [-0.39, 0.29) is 24.0 Å². The maximum Gasteiger partial charge on any atom is 0.257 e. The predicted octanol–water partition coefficient (Wildman–Crippen LogP) is 3.54. The molecule has 1 saturated heterocycles. The van der Waals surface area contributed by atoms with Crippen molar-refractivity contribution in [3.8, 4) is 0 Å². The van der Waals surface area contributed by atoms with E-state index in [2.05, 4.69) is 10.2 Å². The lowest BCUT2D eigenvalue weighted by atomic mass is 9.97. The lowest BCUT2D eigenvalue weighted by Crippen LogP contribution is -2.55. The summed E-state index contributed by atoms with van der Waals surface area (Å²) in [5.74, 6) is 0.102. The third-order valence-corrected chi connectivity index (χ3v) is 6.24. The highest BCUT2D eigenvalue weighted by atomic mass is 16.2. The van der Waals surface area contributed by atoms with Gasteiger partial charge in [-0.15, -0.1) is 0 Å². The molecular formula is C21H29N3O2. The number of fused-ring (bicyclic) bond motifs is 2. The molecule has 4 rings (SSSR count). The number of rotatable bonds is 2. The van der Waals surface area contributed by atoms with Crippen LogP contribution < -0.4 is 10.2 Å². The number of hydrogen-bond donors (Lipinski definition) is 1. The Balaban J connectivity index is 1.55. The summed E-state index contributed by atoms with van der Waals surface area (Å²) < 4.78 is 0. The van der Waals surface area contributed by atoms with Gasteiger partial charge in [-0.1, -0.05) is 25.7 Å². The summed E-state index contributed by atoms with van der Waals surface area (Å²) in [6.45, 7) is 0.831. The second-order valence-corrected chi connectivity index (χ2v) is 7.98. The van der Waals surface area contributed by atoms with Gasteiger partial charge in [-0.3, -0.25) is 9.59 Å². The molecule has 2 aliphatic heterocycles. The first kappa shape index (κ1) is 17.4. The molecule has 26 heavy (non-hydrogen) atoms. The molecule has 1 aromatic carbocycles. The van der Waals surface area contributed by atoms with E-state index < -0.39 is 0 Å². The van der Waals surface area contributed by atoms with Crippen LogP contribution >= 0.6 is 0 Å². The number of piperidine rings is 1. The first-order valence-corrected chi connectivity index (χ1v) is 10.1. The maximum absolute atomic E-state index is 12.8. The van der Waals surface area contributed by atoms with Gasteiger partial charge >= 0.3 is 0 Å². The molecule has 1 atom stereocenters. The van der Waals surface area contributed by atoms with E-state index in [9.17, 15) is 9.59 Å². The summed E-state index contributed by atoms with van der Waals surface area (Å²) >= 11 is 0. The van der Waals surface area contributed by atoms with E-state index in [1.807, 2.05) is 24.1 Å². The second kappa shape index (κ2) is 7.29. The van der Waals surface area contributed by atoms with Crippen molar-refractivity contribution in [3.05, 3.63) is 29.3 Å². The number of anilines is 1. The minimum absolute atomic E-state index is 0.00776. The fourth-order valence-electron chi connectivity index (χ4n) is 4.71. The van der Waals surface area contributed by atoms with Crippen LogP contribution in [0.4, 0.5) is 5.69 Å². The molecule has 1 saturated carbocycles. The van der Waals surface area contributed by atoms with Crippen LogP contribution in [-0.4, -0.2) is 42.5 Å². The van der Waals surface area contributed by atoms with E-state index in [0.29, 0.717) is 5.56 Å². The minimum Gasteiger partial charge on any atom is -0.354 e. The Morgan fingerprint density at radius 1 is 1.04 bits per heavy atom. The summed E-state index contributed by atoms with van der Waals surface area (Å²) in [6, 6.07) is 5.84. The molecule has 5 heteroatoms. The minimum atomic E-state index is -0.00776. The van der Waals surface area contributed by atoms with Crippen LogP contribution in [0.1, 0.15) is 78.5 Å². The first-order valence-electron chi connectivity index (χ1n) is 10.1. The van der Waals surface area contributed by atoms with Gasteiger partial charge in [0.15, 0.2) is 0 Å². The molecule has 140 valence electrons. The Morgan fingerprint density at radius 3 is 2.54 bits per heavy atom. The molecule has 2 heterocycles. The van der Waals surface area contributed by atoms with Gasteiger partial charge in [-0.05, 0) is 50.3 Å². The lowest BCUT2D eigenvalue weighted by molar-refractivity contribution is 0.0589. The standard InChI is InChI=1S/C21H29N3O2/c1-23-18-14-15(20(25)22-16-8-4-2-3-5-9-16)11-12-17(18)21(26)24-13-7-6-10-19(23)24/h11-12,14,16,19H,2-10,13H2,1H3,(H,22,25)/t19-/m1/s1. The normalized spacial score (nSPS) is 23.9. The van der Waals surface area contributed by atoms with Gasteiger partial charge in [0.25, 0.3) is 11.8 Å². The van der Waals surface area contributed by atoms with Gasteiger partial charge < -0.3 is 15.1 Å². The number of carbonyl (C=O) groups is 2. The largest absolute Gasteiger partial charge is 0.354 e. The third-order valence-electron chi connectivity index (χ3n) is 6.24. The van der Waals surface area contributed by atoms with Gasteiger partial charge in [0.2, 0.25) is 0 Å². The molecule has 2 amide bonds. The molecular weight excluding hydrogens is 326 g/mol. The van der Waals surface area contributed by atoms with Crippen LogP contribution in [0.15, 0.2) is 18.2 Å². The van der Waals surface area contributed by atoms with Gasteiger partial charge in [-0.2, -0.15) is 0 Å². The lowest BCUT2D eigenvalue weighted by Gasteiger charge is -2.46. The second-order valence-electron chi connectivity index (χ2n) is 7.98. The van der Waals surface area contributed by atoms with Crippen LogP contribution in [-0.2, 0) is 0 Å². The fourth-order valence-corrected chi connectivity index (χ4v) is 4.71. The molecule has 1 aromatic rings. The number of amides is 2. The van der Waals surface area contributed by atoms with Gasteiger partial charge in [-0.25, -0.2) is 0 Å². The summed E-state index contributed by atoms with van der Waals surface area (Å²) in [5, 5.41) is 3.21. The predicted molar refractivity (Wildman–Crippen MR) is 102 cm³/mol. The molecule has 0 radical (unpaired) electrons. The third kappa shape index (κ3) is 3.19. The van der Waals surface area contributed by atoms with E-state index in [0.717, 1.165) is 49.9 Å². The fraction of sp³-hybridized carbons (Fsp3) is 0.619. The smallest absolute Gasteiger partial charge is 0.257 e. The molecule has 3 aliphatic rings. The first-order chi connectivity index (χ1) is 12.6. The Hall–Kier alpha value is -2.04. The van der Waals surface area contributed by atoms with Crippen molar-refractivity contribution in [3.63, 3.8) is 0 Å². The highest BCUT2D eigenvalue weighted by Crippen LogP contribution is 2.34. The molecule has 5 nitrogen and oxygen atoms in total.